The van der Waals surface area contributed by atoms with Crippen LogP contribution in [0.4, 0.5) is 5.69 Å². The van der Waals surface area contributed by atoms with Gasteiger partial charge in [0, 0.05) is 11.6 Å². The third-order valence-electron chi connectivity index (χ3n) is 2.29. The fraction of sp³-hybridized carbons (Fsp3) is 0.462. The van der Waals surface area contributed by atoms with Gasteiger partial charge in [0.25, 0.3) is 5.69 Å². The van der Waals surface area contributed by atoms with Crippen molar-refractivity contribution in [3.63, 3.8) is 0 Å². The summed E-state index contributed by atoms with van der Waals surface area (Å²) in [5, 5.41) is 10.8. The molecule has 0 amide bonds. The molecule has 0 spiro atoms. The van der Waals surface area contributed by atoms with Gasteiger partial charge in [-0.25, -0.2) is 4.79 Å². The number of carbonyl (C=O) groups is 1. The summed E-state index contributed by atoms with van der Waals surface area (Å²) in [6, 6.07) is 4.29. The van der Waals surface area contributed by atoms with Crippen molar-refractivity contribution in [3.8, 4) is 0 Å². The first kappa shape index (κ1) is 14.2. The smallest absolute Gasteiger partial charge is 0.338 e. The number of ether oxygens (including phenoxy) is 1. The summed E-state index contributed by atoms with van der Waals surface area (Å²) in [5.41, 5.74) is 0.325. The Morgan fingerprint density at radius 2 is 2.00 bits per heavy atom. The minimum Gasteiger partial charge on any atom is -0.456 e. The molecule has 98 valence electrons. The molecule has 0 heterocycles. The second kappa shape index (κ2) is 5.16. The van der Waals surface area contributed by atoms with Gasteiger partial charge in [0.05, 0.1) is 10.5 Å². The lowest BCUT2D eigenvalue weighted by atomic mass is 10.1. The molecule has 0 aromatic heterocycles. The summed E-state index contributed by atoms with van der Waals surface area (Å²) in [6.45, 7) is 7.13. The maximum absolute atomic E-state index is 11.8. The molecule has 1 rings (SSSR count). The van der Waals surface area contributed by atoms with Gasteiger partial charge in [-0.15, -0.1) is 0 Å². The van der Waals surface area contributed by atoms with Gasteiger partial charge in [0.1, 0.15) is 5.60 Å². The Labute approximate surface area is 106 Å². The zero-order valence-electron chi connectivity index (χ0n) is 11.0. The minimum absolute atomic E-state index is 0.0322. The first-order valence-electron chi connectivity index (χ1n) is 5.75. The molecule has 0 unspecified atom stereocenters. The zero-order valence-corrected chi connectivity index (χ0v) is 11.0. The largest absolute Gasteiger partial charge is 0.456 e. The van der Waals surface area contributed by atoms with Crippen molar-refractivity contribution in [1.29, 1.82) is 0 Å². The Bertz CT molecular complexity index is 474. The minimum atomic E-state index is -0.578. The Kier molecular flexibility index (Phi) is 4.06. The lowest BCUT2D eigenvalue weighted by Gasteiger charge is -2.19. The molecule has 0 saturated heterocycles. The monoisotopic (exact) mass is 251 g/mol. The molecule has 0 bridgehead atoms. The molecule has 0 aliphatic heterocycles. The van der Waals surface area contributed by atoms with E-state index in [1.165, 1.54) is 18.2 Å². The van der Waals surface area contributed by atoms with E-state index in [0.29, 0.717) is 17.5 Å². The highest BCUT2D eigenvalue weighted by molar-refractivity contribution is 5.90. The summed E-state index contributed by atoms with van der Waals surface area (Å²) >= 11 is 0. The topological polar surface area (TPSA) is 69.4 Å². The van der Waals surface area contributed by atoms with Crippen molar-refractivity contribution in [3.05, 3.63) is 39.4 Å². The van der Waals surface area contributed by atoms with Crippen LogP contribution in [0.3, 0.4) is 0 Å². The average molecular weight is 251 g/mol. The van der Waals surface area contributed by atoms with Crippen molar-refractivity contribution < 1.29 is 14.5 Å². The molecular formula is C13H17NO4. The van der Waals surface area contributed by atoms with Gasteiger partial charge in [0.2, 0.25) is 0 Å². The highest BCUT2D eigenvalue weighted by Gasteiger charge is 2.20. The molecule has 0 aliphatic rings. The fourth-order valence-corrected chi connectivity index (χ4v) is 1.51. The molecule has 0 N–H and O–H groups in total. The van der Waals surface area contributed by atoms with Gasteiger partial charge < -0.3 is 4.74 Å². The fourth-order valence-electron chi connectivity index (χ4n) is 1.51. The first-order chi connectivity index (χ1) is 8.24. The highest BCUT2D eigenvalue weighted by atomic mass is 16.6. The first-order valence-corrected chi connectivity index (χ1v) is 5.75. The Morgan fingerprint density at radius 1 is 1.39 bits per heavy atom. The van der Waals surface area contributed by atoms with Crippen molar-refractivity contribution in [2.75, 3.05) is 0 Å². The molecule has 1 aromatic rings. The van der Waals surface area contributed by atoms with Gasteiger partial charge in [0.15, 0.2) is 0 Å². The van der Waals surface area contributed by atoms with E-state index in [2.05, 4.69) is 0 Å². The standard InChI is InChI=1S/C13H17NO4/c1-5-9-8-10(6-7-11(9)14(16)17)12(15)18-13(2,3)4/h6-8H,5H2,1-4H3. The van der Waals surface area contributed by atoms with Crippen LogP contribution in [0, 0.1) is 10.1 Å². The van der Waals surface area contributed by atoms with Crippen molar-refractivity contribution in [1.82, 2.24) is 0 Å². The van der Waals surface area contributed by atoms with Gasteiger partial charge in [-0.05, 0) is 39.3 Å². The molecule has 0 saturated carbocycles. The Balaban J connectivity index is 3.06. The third kappa shape index (κ3) is 3.55. The van der Waals surface area contributed by atoms with E-state index >= 15 is 0 Å². The summed E-state index contributed by atoms with van der Waals surface area (Å²) in [5.74, 6) is -0.466. The number of carbonyl (C=O) groups excluding carboxylic acids is 1. The number of benzene rings is 1. The predicted molar refractivity (Wildman–Crippen MR) is 67.6 cm³/mol. The normalized spacial score (nSPS) is 11.1. The lowest BCUT2D eigenvalue weighted by molar-refractivity contribution is -0.385. The summed E-state index contributed by atoms with van der Waals surface area (Å²) in [7, 11) is 0. The maximum Gasteiger partial charge on any atom is 0.338 e. The van der Waals surface area contributed by atoms with Crippen LogP contribution in [0.2, 0.25) is 0 Å². The SMILES string of the molecule is CCc1cc(C(=O)OC(C)(C)C)ccc1[N+](=O)[O-]. The molecule has 0 radical (unpaired) electrons. The summed E-state index contributed by atoms with van der Waals surface area (Å²) in [6.07, 6.45) is 0.493. The molecule has 0 atom stereocenters. The van der Waals surface area contributed by atoms with Gasteiger partial charge in [-0.1, -0.05) is 6.92 Å². The zero-order chi connectivity index (χ0) is 13.9. The van der Waals surface area contributed by atoms with Crippen LogP contribution in [-0.2, 0) is 11.2 Å². The number of nitro groups is 1. The molecule has 0 aliphatic carbocycles. The Morgan fingerprint density at radius 3 is 2.44 bits per heavy atom. The highest BCUT2D eigenvalue weighted by Crippen LogP contribution is 2.22. The summed E-state index contributed by atoms with van der Waals surface area (Å²) in [4.78, 5) is 22.2. The molecule has 1 aromatic carbocycles. The molecule has 5 heteroatoms. The van der Waals surface area contributed by atoms with Crippen LogP contribution in [0.1, 0.15) is 43.6 Å². The van der Waals surface area contributed by atoms with Crippen LogP contribution in [0.15, 0.2) is 18.2 Å². The number of rotatable bonds is 3. The van der Waals surface area contributed by atoms with Crippen molar-refractivity contribution in [2.45, 2.75) is 39.7 Å². The third-order valence-corrected chi connectivity index (χ3v) is 2.29. The van der Waals surface area contributed by atoms with Crippen LogP contribution in [0.25, 0.3) is 0 Å². The van der Waals surface area contributed by atoms with E-state index in [1.807, 2.05) is 0 Å². The quantitative estimate of drug-likeness (QED) is 0.470. The molecule has 5 nitrogen and oxygen atoms in total. The number of nitro benzene ring substituents is 1. The number of nitrogens with zero attached hydrogens (tertiary/aromatic N) is 1. The lowest BCUT2D eigenvalue weighted by Crippen LogP contribution is -2.24. The van der Waals surface area contributed by atoms with Gasteiger partial charge >= 0.3 is 5.97 Å². The number of aryl methyl sites for hydroxylation is 1. The number of hydrogen-bond donors (Lipinski definition) is 0. The van der Waals surface area contributed by atoms with E-state index in [-0.39, 0.29) is 5.69 Å². The van der Waals surface area contributed by atoms with Crippen molar-refractivity contribution >= 4 is 11.7 Å². The number of hydrogen-bond acceptors (Lipinski definition) is 4. The van der Waals surface area contributed by atoms with E-state index in [0.717, 1.165) is 0 Å². The van der Waals surface area contributed by atoms with E-state index in [9.17, 15) is 14.9 Å². The second-order valence-corrected chi connectivity index (χ2v) is 4.96. The molecule has 0 fully saturated rings. The summed E-state index contributed by atoms with van der Waals surface area (Å²) < 4.78 is 5.21. The van der Waals surface area contributed by atoms with Gasteiger partial charge in [-0.3, -0.25) is 10.1 Å². The van der Waals surface area contributed by atoms with Crippen LogP contribution in [0.5, 0.6) is 0 Å². The number of esters is 1. The van der Waals surface area contributed by atoms with E-state index in [4.69, 9.17) is 4.74 Å². The van der Waals surface area contributed by atoms with Crippen LogP contribution < -0.4 is 0 Å². The van der Waals surface area contributed by atoms with Crippen LogP contribution >= 0.6 is 0 Å². The molecular weight excluding hydrogens is 234 g/mol. The maximum atomic E-state index is 11.8. The van der Waals surface area contributed by atoms with E-state index in [1.54, 1.807) is 27.7 Å². The van der Waals surface area contributed by atoms with Crippen LogP contribution in [-0.4, -0.2) is 16.5 Å². The predicted octanol–water partition coefficient (Wildman–Crippen LogP) is 3.11. The Hall–Kier alpha value is -1.91. The van der Waals surface area contributed by atoms with Crippen molar-refractivity contribution in [2.24, 2.45) is 0 Å². The second-order valence-electron chi connectivity index (χ2n) is 4.96. The average Bonchev–Trinajstić information content (AvgIpc) is 2.25. The van der Waals surface area contributed by atoms with E-state index < -0.39 is 16.5 Å². The van der Waals surface area contributed by atoms with Gasteiger partial charge in [-0.2, -0.15) is 0 Å². The molecule has 18 heavy (non-hydrogen) atoms.